The first-order valence-electron chi connectivity index (χ1n) is 9.25. The molecule has 1 aromatic heterocycles. The normalized spacial score (nSPS) is 11.4. The lowest BCUT2D eigenvalue weighted by Gasteiger charge is -2.12. The van der Waals surface area contributed by atoms with Gasteiger partial charge in [0.25, 0.3) is 5.91 Å². The molecule has 1 amide bonds. The Morgan fingerprint density at radius 2 is 2.00 bits per heavy atom. The minimum absolute atomic E-state index is 0.0342. The molecule has 0 fully saturated rings. The van der Waals surface area contributed by atoms with Crippen molar-refractivity contribution in [3.8, 4) is 5.75 Å². The van der Waals surface area contributed by atoms with Crippen LogP contribution < -0.4 is 10.1 Å². The monoisotopic (exact) mass is 358 g/mol. The molecule has 0 bridgehead atoms. The van der Waals surface area contributed by atoms with Gasteiger partial charge in [-0.05, 0) is 31.4 Å². The Hall–Kier alpha value is -2.30. The quantitative estimate of drug-likeness (QED) is 0.725. The summed E-state index contributed by atoms with van der Waals surface area (Å²) in [7, 11) is 0. The molecule has 0 saturated carbocycles. The molecule has 1 aromatic carbocycles. The van der Waals surface area contributed by atoms with Crippen LogP contribution in [0.5, 0.6) is 5.75 Å². The number of ether oxygens (including phenoxy) is 1. The summed E-state index contributed by atoms with van der Waals surface area (Å²) in [5, 5.41) is 2.89. The molecule has 1 heterocycles. The number of aryl methyl sites for hydroxylation is 3. The summed E-state index contributed by atoms with van der Waals surface area (Å²) in [6.07, 6.45) is 2.44. The molecule has 26 heavy (non-hydrogen) atoms. The first kappa shape index (κ1) is 20.0. The van der Waals surface area contributed by atoms with Crippen LogP contribution in [0.3, 0.4) is 0 Å². The summed E-state index contributed by atoms with van der Waals surface area (Å²) in [4.78, 5) is 16.5. The second-order valence-electron chi connectivity index (χ2n) is 7.48. The molecule has 0 aliphatic heterocycles. The van der Waals surface area contributed by atoms with Crippen LogP contribution in [-0.4, -0.2) is 24.0 Å². The molecule has 5 heteroatoms. The smallest absolute Gasteiger partial charge is 0.257 e. The Balaban J connectivity index is 1.73. The number of benzene rings is 1. The van der Waals surface area contributed by atoms with Gasteiger partial charge in [0.05, 0.1) is 5.69 Å². The number of rotatable bonds is 8. The van der Waals surface area contributed by atoms with Crippen LogP contribution in [0.4, 0.5) is 0 Å². The highest BCUT2D eigenvalue weighted by molar-refractivity contribution is 5.77. The van der Waals surface area contributed by atoms with Gasteiger partial charge in [-0.3, -0.25) is 4.79 Å². The van der Waals surface area contributed by atoms with Crippen molar-refractivity contribution in [1.82, 2.24) is 10.3 Å². The molecular formula is C21H30N2O3. The molecule has 0 saturated heterocycles. The van der Waals surface area contributed by atoms with E-state index in [1.165, 1.54) is 0 Å². The number of aromatic nitrogens is 1. The SMILES string of the molecule is CCc1ccccc1OCC(=O)NCCCc1oc(C(C)(C)C)nc1C. The average molecular weight is 358 g/mol. The molecule has 0 aliphatic rings. The van der Waals surface area contributed by atoms with Crippen LogP contribution >= 0.6 is 0 Å². The minimum Gasteiger partial charge on any atom is -0.483 e. The van der Waals surface area contributed by atoms with Crippen molar-refractivity contribution < 1.29 is 13.9 Å². The summed E-state index contributed by atoms with van der Waals surface area (Å²) in [5.74, 6) is 2.33. The lowest BCUT2D eigenvalue weighted by atomic mass is 9.97. The highest BCUT2D eigenvalue weighted by Crippen LogP contribution is 2.24. The number of carbonyl (C=O) groups is 1. The van der Waals surface area contributed by atoms with Crippen molar-refractivity contribution in [2.24, 2.45) is 0 Å². The standard InChI is InChI=1S/C21H30N2O3/c1-6-16-10-7-8-11-18(16)25-14-19(24)22-13-9-12-17-15(2)23-20(26-17)21(3,4)5/h7-8,10-11H,6,9,12-14H2,1-5H3,(H,22,24). The lowest BCUT2D eigenvalue weighted by Crippen LogP contribution is -2.30. The van der Waals surface area contributed by atoms with Gasteiger partial charge >= 0.3 is 0 Å². The highest BCUT2D eigenvalue weighted by Gasteiger charge is 2.22. The van der Waals surface area contributed by atoms with Crippen molar-refractivity contribution in [3.05, 3.63) is 47.2 Å². The molecular weight excluding hydrogens is 328 g/mol. The number of nitrogens with one attached hydrogen (secondary N) is 1. The van der Waals surface area contributed by atoms with Crippen LogP contribution in [0.15, 0.2) is 28.7 Å². The molecule has 0 atom stereocenters. The zero-order chi connectivity index (χ0) is 19.2. The van der Waals surface area contributed by atoms with Gasteiger partial charge in [-0.15, -0.1) is 0 Å². The highest BCUT2D eigenvalue weighted by atomic mass is 16.5. The number of hydrogen-bond acceptors (Lipinski definition) is 4. The van der Waals surface area contributed by atoms with Crippen LogP contribution in [0, 0.1) is 6.92 Å². The number of carbonyl (C=O) groups excluding carboxylic acids is 1. The molecule has 0 aliphatic carbocycles. The lowest BCUT2D eigenvalue weighted by molar-refractivity contribution is -0.123. The second kappa shape index (κ2) is 8.88. The van der Waals surface area contributed by atoms with E-state index >= 15 is 0 Å². The van der Waals surface area contributed by atoms with E-state index in [1.807, 2.05) is 31.2 Å². The summed E-state index contributed by atoms with van der Waals surface area (Å²) < 4.78 is 11.5. The van der Waals surface area contributed by atoms with Gasteiger partial charge in [-0.2, -0.15) is 0 Å². The molecule has 2 aromatic rings. The molecule has 142 valence electrons. The van der Waals surface area contributed by atoms with Crippen molar-refractivity contribution in [3.63, 3.8) is 0 Å². The van der Waals surface area contributed by atoms with E-state index < -0.39 is 0 Å². The number of hydrogen-bond donors (Lipinski definition) is 1. The summed E-state index contributed by atoms with van der Waals surface area (Å²) in [5.41, 5.74) is 1.94. The van der Waals surface area contributed by atoms with E-state index in [4.69, 9.17) is 9.15 Å². The van der Waals surface area contributed by atoms with Crippen molar-refractivity contribution in [2.75, 3.05) is 13.2 Å². The van der Waals surface area contributed by atoms with Crippen LogP contribution in [0.2, 0.25) is 0 Å². The van der Waals surface area contributed by atoms with Crippen LogP contribution in [-0.2, 0) is 23.1 Å². The average Bonchev–Trinajstić information content (AvgIpc) is 2.98. The summed E-state index contributed by atoms with van der Waals surface area (Å²) >= 11 is 0. The first-order chi connectivity index (χ1) is 12.3. The fourth-order valence-corrected chi connectivity index (χ4v) is 2.59. The van der Waals surface area contributed by atoms with E-state index in [-0.39, 0.29) is 17.9 Å². The third-order valence-electron chi connectivity index (χ3n) is 4.15. The van der Waals surface area contributed by atoms with E-state index in [0.29, 0.717) is 6.54 Å². The molecule has 0 spiro atoms. The Labute approximate surface area is 156 Å². The van der Waals surface area contributed by atoms with Gasteiger partial charge in [0.1, 0.15) is 11.5 Å². The van der Waals surface area contributed by atoms with Gasteiger partial charge in [-0.1, -0.05) is 45.9 Å². The topological polar surface area (TPSA) is 64.4 Å². The Morgan fingerprint density at radius 3 is 2.65 bits per heavy atom. The van der Waals surface area contributed by atoms with Crippen molar-refractivity contribution in [2.45, 2.75) is 59.3 Å². The van der Waals surface area contributed by atoms with Crippen molar-refractivity contribution >= 4 is 5.91 Å². The zero-order valence-electron chi connectivity index (χ0n) is 16.5. The summed E-state index contributed by atoms with van der Waals surface area (Å²) in [6, 6.07) is 7.80. The maximum Gasteiger partial charge on any atom is 0.257 e. The van der Waals surface area contributed by atoms with Crippen LogP contribution in [0.1, 0.15) is 57.0 Å². The van der Waals surface area contributed by atoms with Gasteiger partial charge < -0.3 is 14.5 Å². The third-order valence-corrected chi connectivity index (χ3v) is 4.15. The number of para-hydroxylation sites is 1. The predicted molar refractivity (Wildman–Crippen MR) is 103 cm³/mol. The first-order valence-corrected chi connectivity index (χ1v) is 9.25. The zero-order valence-corrected chi connectivity index (χ0v) is 16.5. The second-order valence-corrected chi connectivity index (χ2v) is 7.48. The predicted octanol–water partition coefficient (Wildman–Crippen LogP) is 3.97. The fourth-order valence-electron chi connectivity index (χ4n) is 2.59. The van der Waals surface area contributed by atoms with Crippen molar-refractivity contribution in [1.29, 1.82) is 0 Å². The Morgan fingerprint density at radius 1 is 1.27 bits per heavy atom. The Kier molecular flexibility index (Phi) is 6.83. The van der Waals surface area contributed by atoms with Crippen LogP contribution in [0.25, 0.3) is 0 Å². The van der Waals surface area contributed by atoms with Gasteiger partial charge in [0.2, 0.25) is 0 Å². The Bertz CT molecular complexity index is 729. The maximum absolute atomic E-state index is 12.0. The van der Waals surface area contributed by atoms with Gasteiger partial charge in [0.15, 0.2) is 12.5 Å². The molecule has 0 radical (unpaired) electrons. The van der Waals surface area contributed by atoms with E-state index in [0.717, 1.165) is 47.9 Å². The van der Waals surface area contributed by atoms with Gasteiger partial charge in [0, 0.05) is 18.4 Å². The molecule has 0 unspecified atom stereocenters. The fraction of sp³-hybridized carbons (Fsp3) is 0.524. The van der Waals surface area contributed by atoms with E-state index in [2.05, 4.69) is 38.0 Å². The third kappa shape index (κ3) is 5.61. The summed E-state index contributed by atoms with van der Waals surface area (Å²) in [6.45, 7) is 10.9. The maximum atomic E-state index is 12.0. The number of oxazole rings is 1. The molecule has 5 nitrogen and oxygen atoms in total. The molecule has 1 N–H and O–H groups in total. The largest absolute Gasteiger partial charge is 0.483 e. The number of nitrogens with zero attached hydrogens (tertiary/aromatic N) is 1. The van der Waals surface area contributed by atoms with E-state index in [1.54, 1.807) is 0 Å². The molecule has 2 rings (SSSR count). The van der Waals surface area contributed by atoms with Gasteiger partial charge in [-0.25, -0.2) is 4.98 Å². The number of amides is 1. The minimum atomic E-state index is -0.111. The van der Waals surface area contributed by atoms with E-state index in [9.17, 15) is 4.79 Å².